The number of hydrogen-bond donors (Lipinski definition) is 2. The van der Waals surface area contributed by atoms with Gasteiger partial charge in [0, 0.05) is 18.0 Å². The van der Waals surface area contributed by atoms with E-state index in [0.29, 0.717) is 13.2 Å². The van der Waals surface area contributed by atoms with Crippen LogP contribution in [0.3, 0.4) is 0 Å². The van der Waals surface area contributed by atoms with Crippen LogP contribution in [0.5, 0.6) is 0 Å². The van der Waals surface area contributed by atoms with Crippen LogP contribution in [-0.4, -0.2) is 61.3 Å². The van der Waals surface area contributed by atoms with Gasteiger partial charge in [-0.3, -0.25) is 9.59 Å². The highest BCUT2D eigenvalue weighted by molar-refractivity contribution is 5.75. The molecule has 0 aromatic carbocycles. The molecule has 39 heavy (non-hydrogen) atoms. The molecule has 0 saturated heterocycles. The molecule has 3 unspecified atom stereocenters. The molecular weight excluding hydrogens is 498 g/mol. The summed E-state index contributed by atoms with van der Waals surface area (Å²) in [6.45, 7) is 18.1. The molecule has 1 aliphatic carbocycles. The van der Waals surface area contributed by atoms with Crippen LogP contribution in [0.1, 0.15) is 68.7 Å². The van der Waals surface area contributed by atoms with Gasteiger partial charge < -0.3 is 29.4 Å². The van der Waals surface area contributed by atoms with E-state index in [2.05, 4.69) is 18.2 Å². The van der Waals surface area contributed by atoms with Crippen molar-refractivity contribution in [1.82, 2.24) is 5.32 Å². The van der Waals surface area contributed by atoms with Gasteiger partial charge in [0.2, 0.25) is 0 Å². The summed E-state index contributed by atoms with van der Waals surface area (Å²) in [5.41, 5.74) is -0.0229. The van der Waals surface area contributed by atoms with Crippen molar-refractivity contribution in [3.05, 3.63) is 48.3 Å². The van der Waals surface area contributed by atoms with Crippen molar-refractivity contribution in [1.29, 1.82) is 0 Å². The van der Waals surface area contributed by atoms with Crippen molar-refractivity contribution in [3.8, 4) is 12.8 Å². The largest absolute Gasteiger partial charge is 0.502 e. The Morgan fingerprint density at radius 3 is 2.31 bits per heavy atom. The first-order chi connectivity index (χ1) is 18.3. The van der Waals surface area contributed by atoms with Gasteiger partial charge in [-0.15, -0.1) is 12.8 Å². The van der Waals surface area contributed by atoms with Gasteiger partial charge in [-0.25, -0.2) is 0 Å². The minimum atomic E-state index is -0.680. The lowest BCUT2D eigenvalue weighted by molar-refractivity contribution is -0.165. The van der Waals surface area contributed by atoms with Crippen LogP contribution in [0.25, 0.3) is 0 Å². The van der Waals surface area contributed by atoms with Crippen LogP contribution < -0.4 is 5.32 Å². The molecule has 0 aliphatic heterocycles. The molecule has 0 amide bonds. The predicted molar refractivity (Wildman–Crippen MR) is 156 cm³/mol. The Kier molecular flexibility index (Phi) is 20.6. The van der Waals surface area contributed by atoms with E-state index in [4.69, 9.17) is 18.9 Å². The normalized spacial score (nSPS) is 18.6. The lowest BCUT2D eigenvalue weighted by Gasteiger charge is -2.26. The van der Waals surface area contributed by atoms with Gasteiger partial charge in [-0.1, -0.05) is 32.1 Å². The quantitative estimate of drug-likeness (QED) is 0.0866. The molecule has 0 heterocycles. The van der Waals surface area contributed by atoms with E-state index < -0.39 is 23.6 Å². The second-order valence-corrected chi connectivity index (χ2v) is 10.4. The lowest BCUT2D eigenvalue weighted by Crippen LogP contribution is -2.42. The van der Waals surface area contributed by atoms with E-state index in [1.807, 2.05) is 59.8 Å². The Bertz CT molecular complexity index is 826. The molecule has 0 fully saturated rings. The third-order valence-corrected chi connectivity index (χ3v) is 4.79. The number of terminal acetylenes is 1. The van der Waals surface area contributed by atoms with E-state index in [9.17, 15) is 14.7 Å². The predicted octanol–water partition coefficient (Wildman–Crippen LogP) is 5.10. The maximum Gasteiger partial charge on any atom is 0.313 e. The van der Waals surface area contributed by atoms with Crippen LogP contribution in [-0.2, 0) is 28.5 Å². The Morgan fingerprint density at radius 2 is 1.74 bits per heavy atom. The first kappa shape index (κ1) is 38.3. The molecule has 222 valence electrons. The number of aliphatic hydroxyl groups excluding tert-OH is 1. The number of esters is 2. The van der Waals surface area contributed by atoms with Crippen LogP contribution >= 0.6 is 0 Å². The zero-order valence-electron chi connectivity index (χ0n) is 25.4. The number of aliphatic hydroxyl groups is 1. The smallest absolute Gasteiger partial charge is 0.313 e. The number of hydrogen-bond acceptors (Lipinski definition) is 8. The molecule has 0 saturated carbocycles. The van der Waals surface area contributed by atoms with Crippen molar-refractivity contribution < 1.29 is 33.6 Å². The Morgan fingerprint density at radius 1 is 1.10 bits per heavy atom. The van der Waals surface area contributed by atoms with Crippen LogP contribution in [0.4, 0.5) is 0 Å². The maximum absolute atomic E-state index is 12.3. The number of nitrogens with one attached hydrogen (secondary N) is 1. The van der Waals surface area contributed by atoms with Crippen LogP contribution in [0.2, 0.25) is 0 Å². The molecule has 0 aromatic rings. The monoisotopic (exact) mass is 549 g/mol. The fourth-order valence-electron chi connectivity index (χ4n) is 2.81. The third kappa shape index (κ3) is 19.8. The highest BCUT2D eigenvalue weighted by Crippen LogP contribution is 2.18. The summed E-state index contributed by atoms with van der Waals surface area (Å²) in [4.78, 5) is 24.2. The van der Waals surface area contributed by atoms with Crippen LogP contribution in [0.15, 0.2) is 48.3 Å². The van der Waals surface area contributed by atoms with Crippen molar-refractivity contribution in [3.63, 3.8) is 0 Å². The molecule has 8 heteroatoms. The average Bonchev–Trinajstić information content (AvgIpc) is 2.87. The van der Waals surface area contributed by atoms with E-state index in [-0.39, 0.29) is 37.2 Å². The van der Waals surface area contributed by atoms with Crippen molar-refractivity contribution in [2.45, 2.75) is 86.5 Å². The molecule has 1 rings (SSSR count). The number of β-amino-alcohol motifs (C(OH)–C–C–N with tert-alkyl or cyclic N) is 1. The van der Waals surface area contributed by atoms with Gasteiger partial charge in [0.1, 0.15) is 6.10 Å². The van der Waals surface area contributed by atoms with Crippen molar-refractivity contribution in [2.24, 2.45) is 11.3 Å². The van der Waals surface area contributed by atoms with Gasteiger partial charge in [-0.2, -0.15) is 0 Å². The molecule has 0 radical (unpaired) electrons. The minimum Gasteiger partial charge on any atom is -0.502 e. The molecule has 2 N–H and O–H groups in total. The van der Waals surface area contributed by atoms with E-state index in [1.54, 1.807) is 39.0 Å². The van der Waals surface area contributed by atoms with Crippen molar-refractivity contribution >= 4 is 11.9 Å². The first-order valence-corrected chi connectivity index (χ1v) is 13.4. The number of carbonyl (C=O) groups is 2. The van der Waals surface area contributed by atoms with Gasteiger partial charge in [0.05, 0.1) is 37.4 Å². The van der Waals surface area contributed by atoms with E-state index >= 15 is 0 Å². The molecule has 3 atom stereocenters. The molecule has 0 aromatic heterocycles. The fraction of sp³-hybridized carbons (Fsp3) is 0.613. The zero-order chi connectivity index (χ0) is 30.5. The van der Waals surface area contributed by atoms with Crippen molar-refractivity contribution in [2.75, 3.05) is 26.6 Å². The number of carbonyl (C=O) groups excluding carboxylic acids is 2. The molecule has 0 bridgehead atoms. The standard InChI is InChI=1S/C27H43NO7.C2H6.C2H2/c1-8-32-15-9-10-24(30)35-22-14-13-21(23(29)17-28-27(5,6)7)12-11-20(16-22)18-33-19-34-25(31)26(2,3)4;2*1-2/h9,11-16,21-23,28-29H,8,10,17-19H2,1-7H3;1-2H3;1-2H/b12-11?,14-13-,15-9-,20-16?;;. The lowest BCUT2D eigenvalue weighted by atomic mass is 9.96. The summed E-state index contributed by atoms with van der Waals surface area (Å²) in [5.74, 6) is -1.07. The minimum absolute atomic E-state index is 0.0736. The molecule has 1 aliphatic rings. The maximum atomic E-state index is 12.3. The highest BCUT2D eigenvalue weighted by Gasteiger charge is 2.23. The number of rotatable bonds is 12. The zero-order valence-corrected chi connectivity index (χ0v) is 25.4. The Labute approximate surface area is 236 Å². The summed E-state index contributed by atoms with van der Waals surface area (Å²) >= 11 is 0. The summed E-state index contributed by atoms with van der Waals surface area (Å²) in [6, 6.07) is 0. The summed E-state index contributed by atoms with van der Waals surface area (Å²) in [6.07, 6.45) is 18.9. The van der Waals surface area contributed by atoms with E-state index in [0.717, 1.165) is 5.57 Å². The van der Waals surface area contributed by atoms with Gasteiger partial charge in [-0.05, 0) is 72.3 Å². The third-order valence-electron chi connectivity index (χ3n) is 4.79. The Hall–Kier alpha value is -2.86. The molecular formula is C31H51NO7. The summed E-state index contributed by atoms with van der Waals surface area (Å²) < 4.78 is 21.4. The van der Waals surface area contributed by atoms with Gasteiger partial charge in [0.25, 0.3) is 0 Å². The van der Waals surface area contributed by atoms with Crippen LogP contribution in [0, 0.1) is 24.2 Å². The highest BCUT2D eigenvalue weighted by atomic mass is 16.7. The number of ether oxygens (including phenoxy) is 4. The second-order valence-electron chi connectivity index (χ2n) is 10.4. The second kappa shape index (κ2) is 21.0. The molecule has 8 nitrogen and oxygen atoms in total. The first-order valence-electron chi connectivity index (χ1n) is 13.4. The van der Waals surface area contributed by atoms with E-state index in [1.165, 1.54) is 6.26 Å². The molecule has 0 spiro atoms. The topological polar surface area (TPSA) is 103 Å². The van der Waals surface area contributed by atoms with Gasteiger partial charge >= 0.3 is 11.9 Å². The summed E-state index contributed by atoms with van der Waals surface area (Å²) in [5, 5.41) is 14.0. The Balaban J connectivity index is 0. The SMILES string of the molecule is C#C.CC.CCO/C=C\CC(=O)OC1C=C(COCOC(=O)C(C)(C)C)C=CC(C(O)CNC(C)(C)C)/C=C\1. The van der Waals surface area contributed by atoms with Gasteiger partial charge in [0.15, 0.2) is 6.79 Å². The average molecular weight is 550 g/mol. The summed E-state index contributed by atoms with van der Waals surface area (Å²) in [7, 11) is 0. The fourth-order valence-corrected chi connectivity index (χ4v) is 2.81.